The summed E-state index contributed by atoms with van der Waals surface area (Å²) in [6.45, 7) is 16.3. The lowest BCUT2D eigenvalue weighted by molar-refractivity contribution is 0.618. The second-order valence-corrected chi connectivity index (χ2v) is 38.9. The first-order valence-corrected chi connectivity index (χ1v) is 49.9. The number of hydrogen-bond acceptors (Lipinski definition) is 20. The lowest BCUT2D eigenvalue weighted by Gasteiger charge is -2.13. The molecule has 0 aliphatic heterocycles. The van der Waals surface area contributed by atoms with Gasteiger partial charge >= 0.3 is 0 Å². The molecule has 0 saturated heterocycles. The fraction of sp³-hybridized carbons (Fsp3) is 0.129. The minimum atomic E-state index is -0.255. The Balaban J connectivity index is 0.000000116. The number of aromatic amines is 2. The minimum Gasteiger partial charge on any atom is -0.398 e. The number of nitrogens with one attached hydrogen (secondary N) is 5. The van der Waals surface area contributed by atoms with Gasteiger partial charge in [0.1, 0.15) is 11.6 Å². The van der Waals surface area contributed by atoms with Crippen molar-refractivity contribution in [3.05, 3.63) is 407 Å². The van der Waals surface area contributed by atoms with Crippen molar-refractivity contribution in [2.24, 2.45) is 0 Å². The maximum absolute atomic E-state index is 13.6. The van der Waals surface area contributed by atoms with Gasteiger partial charge in [-0.05, 0) is 308 Å². The van der Waals surface area contributed by atoms with Gasteiger partial charge in [-0.1, -0.05) is 155 Å². The zero-order valence-corrected chi connectivity index (χ0v) is 84.2. The van der Waals surface area contributed by atoms with Crippen molar-refractivity contribution in [3.63, 3.8) is 0 Å². The maximum atomic E-state index is 13.6. The predicted octanol–water partition coefficient (Wildman–Crippen LogP) is 29.4. The summed E-state index contributed by atoms with van der Waals surface area (Å²) < 4.78 is 28.3. The first-order valence-electron chi connectivity index (χ1n) is 49.0. The Morgan fingerprint density at radius 3 is 1.09 bits per heavy atom. The Morgan fingerprint density at radius 2 is 0.669 bits per heavy atom. The van der Waals surface area contributed by atoms with Crippen LogP contribution >= 0.6 is 11.3 Å². The number of H-pyrrole nitrogens is 2. The molecule has 9 aromatic heterocycles. The number of rotatable bonds is 19. The number of nitrogens with zero attached hydrogens (tertiary/aromatic N) is 9. The topological polar surface area (TPSA) is 401 Å². The zero-order chi connectivity index (χ0) is 104. The number of nitrogen functional groups attached to an aromatic ring is 7. The molecule has 24 heteroatoms. The zero-order valence-electron chi connectivity index (χ0n) is 83.4. The van der Waals surface area contributed by atoms with Gasteiger partial charge in [0.05, 0.1) is 121 Å². The fourth-order valence-electron chi connectivity index (χ4n) is 17.9. The molecule has 2 fully saturated rings. The van der Waals surface area contributed by atoms with E-state index >= 15 is 0 Å². The molecule has 21 aromatic rings. The number of nitrogens with two attached hydrogens (primary N) is 7. The van der Waals surface area contributed by atoms with Crippen molar-refractivity contribution < 1.29 is 8.78 Å². The molecule has 19 N–H and O–H groups in total. The van der Waals surface area contributed by atoms with Gasteiger partial charge < -0.3 is 56.4 Å². The van der Waals surface area contributed by atoms with Gasteiger partial charge in [-0.3, -0.25) is 40.1 Å². The second kappa shape index (κ2) is 44.4. The SMILES string of the molecule is CC(C)c1cccc(-c2ncc(N)cc2-c2ccc3[nH]ncc3c2)c1.Cc1cc(-c2ncc(N)cc2-c2ccc(N)c(C=N)c2)ccc1F.Cc1cc(-c2ncc(N)cc2-c2ccc3ncsc3c2)ccc1F.Cc1ccc(-c2ccc(N)c(C=N)c2)c(-c2cccc(C(C)C)c2)n1.Cc1ccc(-c2ccc3[nH]ncc3c2)c(-c2ccc(C3CC3)cc2)n1.N=Cc1cc(-c2cc(N)cnc2-c2cccc(C3CC3)c2)ccc1N. The number of halogens is 2. The highest BCUT2D eigenvalue weighted by Gasteiger charge is 2.27. The Kier molecular flexibility index (Phi) is 30.0. The van der Waals surface area contributed by atoms with E-state index in [9.17, 15) is 8.78 Å². The third-order valence-corrected chi connectivity index (χ3v) is 27.3. The number of aryl methyl sites for hydroxylation is 4. The Hall–Kier alpha value is -18.2. The molecule has 2 aliphatic carbocycles. The van der Waals surface area contributed by atoms with Crippen molar-refractivity contribution in [2.45, 2.75) is 105 Å². The van der Waals surface area contributed by atoms with E-state index in [0.717, 1.165) is 172 Å². The van der Waals surface area contributed by atoms with E-state index in [1.807, 2.05) is 135 Å². The molecule has 23 rings (SSSR count). The fourth-order valence-corrected chi connectivity index (χ4v) is 18.7. The van der Waals surface area contributed by atoms with Gasteiger partial charge in [0, 0.05) is 141 Å². The van der Waals surface area contributed by atoms with Crippen LogP contribution in [-0.4, -0.2) is 73.9 Å². The second-order valence-electron chi connectivity index (χ2n) is 38.0. The highest BCUT2D eigenvalue weighted by atomic mass is 32.1. The molecule has 0 atom stereocenters. The van der Waals surface area contributed by atoms with Crippen LogP contribution in [0.1, 0.15) is 139 Å². The first-order chi connectivity index (χ1) is 71.6. The number of benzene rings is 12. The average Bonchev–Trinajstić information content (AvgIpc) is 1.54. The van der Waals surface area contributed by atoms with Crippen LogP contribution in [0.3, 0.4) is 0 Å². The van der Waals surface area contributed by atoms with Gasteiger partial charge in [-0.25, -0.2) is 13.8 Å². The Bertz CT molecular complexity index is 8530. The summed E-state index contributed by atoms with van der Waals surface area (Å²) in [4.78, 5) is 32.2. The highest BCUT2D eigenvalue weighted by Crippen LogP contribution is 2.46. The van der Waals surface area contributed by atoms with Crippen molar-refractivity contribution in [1.29, 1.82) is 16.2 Å². The Labute approximate surface area is 862 Å². The van der Waals surface area contributed by atoms with Crippen molar-refractivity contribution in [1.82, 2.24) is 55.3 Å². The molecule has 2 saturated carbocycles. The van der Waals surface area contributed by atoms with Crippen molar-refractivity contribution >= 4 is 102 Å². The molecule has 0 unspecified atom stereocenters. The molecule has 12 aromatic carbocycles. The molecule has 2 aliphatic rings. The van der Waals surface area contributed by atoms with E-state index < -0.39 is 0 Å². The molecule has 0 amide bonds. The summed E-state index contributed by atoms with van der Waals surface area (Å²) in [5.41, 5.74) is 84.8. The third-order valence-electron chi connectivity index (χ3n) is 26.5. The van der Waals surface area contributed by atoms with Crippen LogP contribution in [0, 0.1) is 55.6 Å². The number of hydrogen-bond donors (Lipinski definition) is 12. The van der Waals surface area contributed by atoms with Crippen LogP contribution in [-0.2, 0) is 0 Å². The van der Waals surface area contributed by atoms with E-state index in [2.05, 4.69) is 225 Å². The van der Waals surface area contributed by atoms with Gasteiger partial charge in [0.2, 0.25) is 0 Å². The van der Waals surface area contributed by atoms with Crippen LogP contribution in [0.2, 0.25) is 0 Å². The smallest absolute Gasteiger partial charge is 0.126 e. The molecule has 21 nitrogen and oxygen atoms in total. The molecule has 148 heavy (non-hydrogen) atoms. The summed E-state index contributed by atoms with van der Waals surface area (Å²) in [5.74, 6) is 1.94. The Morgan fingerprint density at radius 1 is 0.318 bits per heavy atom. The largest absolute Gasteiger partial charge is 0.398 e. The summed E-state index contributed by atoms with van der Waals surface area (Å²) in [5, 5.41) is 39.0. The van der Waals surface area contributed by atoms with Crippen LogP contribution < -0.4 is 40.1 Å². The van der Waals surface area contributed by atoms with E-state index in [0.29, 0.717) is 85.5 Å². The lowest BCUT2D eigenvalue weighted by atomic mass is 9.94. The summed E-state index contributed by atoms with van der Waals surface area (Å²) >= 11 is 1.59. The first kappa shape index (κ1) is 100.0. The summed E-state index contributed by atoms with van der Waals surface area (Å²) in [7, 11) is 0. The standard InChI is InChI=1S/C22H19N3.C22H23N3.2C21H20N4.C19H17FN4.C19H14FN3S/c1-14-2-10-20(18-9-11-21-19(12-18)13-23-25-21)22(24-14)17-7-5-16(6-8-17)15-3-4-15;1-14(2)16-5-4-6-18(11-16)22-20(9-7-15(3)25-22)17-8-10-21(24)19(12-17)13-23;1-13(2)14-4-3-5-16(8-14)21-19(10-18(22)12-23-21)15-6-7-20-17(9-15)11-24-25-20;22-11-17-9-15(6-7-20(17)24)19-10-18(23)12-25-21(19)16-3-1-2-14(8-16)13-4-5-13;1-11-6-13(2-4-17(11)20)19-16(8-15(22)10-24-19)12-3-5-18(23)14(7-12)9-21;1-11-6-13(2-4-16(11)20)19-15(8-14(21)9-22-19)12-3-5-17-18(7-12)24-10-23-17/h2,5-13,15H,3-4H2,1H3,(H,23,25);4-14,23H,24H2,1-3H3;3-13H,22H2,1-2H3,(H,24,25);1-3,6-13,22H,4-5,23-24H2;2-10,21H,22-23H2,1H3;2-10H,21H2,1H3. The maximum Gasteiger partial charge on any atom is 0.126 e. The molecule has 9 heterocycles. The van der Waals surface area contributed by atoms with Crippen LogP contribution in [0.4, 0.5) is 48.6 Å². The van der Waals surface area contributed by atoms with Crippen LogP contribution in [0.5, 0.6) is 0 Å². The van der Waals surface area contributed by atoms with Crippen molar-refractivity contribution in [3.8, 4) is 134 Å². The summed E-state index contributed by atoms with van der Waals surface area (Å²) in [6.07, 6.45) is 19.3. The monoisotopic (exact) mass is 1970 g/mol. The van der Waals surface area contributed by atoms with Crippen LogP contribution in [0.25, 0.3) is 166 Å². The molecule has 734 valence electrons. The molecular formula is C124H113F2N21S. The molecule has 0 bridgehead atoms. The molecule has 0 radical (unpaired) electrons. The average molecular weight is 1970 g/mol. The minimum absolute atomic E-state index is 0.221. The van der Waals surface area contributed by atoms with Gasteiger partial charge in [0.15, 0.2) is 0 Å². The van der Waals surface area contributed by atoms with Crippen molar-refractivity contribution in [2.75, 3.05) is 40.1 Å². The number of pyridine rings is 6. The van der Waals surface area contributed by atoms with Crippen LogP contribution in [0.15, 0.2) is 334 Å². The third kappa shape index (κ3) is 23.2. The number of fused-ring (bicyclic) bond motifs is 3. The van der Waals surface area contributed by atoms with Gasteiger partial charge in [-0.2, -0.15) is 10.2 Å². The highest BCUT2D eigenvalue weighted by molar-refractivity contribution is 7.16. The number of aromatic nitrogens is 11. The van der Waals surface area contributed by atoms with E-state index in [1.54, 1.807) is 74.2 Å². The van der Waals surface area contributed by atoms with Gasteiger partial charge in [0.25, 0.3) is 0 Å². The molecule has 0 spiro atoms. The summed E-state index contributed by atoms with van der Waals surface area (Å²) in [6, 6.07) is 96.2. The van der Waals surface area contributed by atoms with Gasteiger partial charge in [-0.15, -0.1) is 11.3 Å². The lowest BCUT2D eigenvalue weighted by Crippen LogP contribution is -1.97. The predicted molar refractivity (Wildman–Crippen MR) is 609 cm³/mol. The van der Waals surface area contributed by atoms with E-state index in [1.165, 1.54) is 89.8 Å². The van der Waals surface area contributed by atoms with E-state index in [-0.39, 0.29) is 11.6 Å². The molecular weight excluding hydrogens is 1850 g/mol. The normalized spacial score (nSPS) is 11.9. The number of thiazole rings is 1. The van der Waals surface area contributed by atoms with E-state index in [4.69, 9.17) is 66.3 Å². The quantitative estimate of drug-likeness (QED) is 0.0264. The number of anilines is 7.